The molecule has 180 valence electrons. The number of ether oxygens (including phenoxy) is 2. The van der Waals surface area contributed by atoms with E-state index in [-0.39, 0.29) is 31.5 Å². The van der Waals surface area contributed by atoms with E-state index in [0.29, 0.717) is 28.7 Å². The molecule has 5 aromatic rings. The minimum absolute atomic E-state index is 0.105. The van der Waals surface area contributed by atoms with Crippen LogP contribution in [0.1, 0.15) is 0 Å². The molecule has 0 saturated heterocycles. The van der Waals surface area contributed by atoms with Gasteiger partial charge in [0.2, 0.25) is 5.88 Å². The molecule has 0 aliphatic carbocycles. The number of fused-ring (bicyclic) bond motifs is 1. The monoisotopic (exact) mass is 483 g/mol. The normalized spacial score (nSPS) is 10.8. The van der Waals surface area contributed by atoms with E-state index in [4.69, 9.17) is 9.47 Å². The summed E-state index contributed by atoms with van der Waals surface area (Å²) in [5.41, 5.74) is 3.24. The standard InChI is InChI=1S/C27H22FN5O3/c28-22-8-4-7-21(17-22)27-31-30-24-13-14-26(32-33(24)27)35-16-15-29-25(34)18-36-23-11-9-20(10-12-23)19-5-2-1-3-6-19/h1-14,17H,15-16,18H2,(H,29,34). The van der Waals surface area contributed by atoms with Gasteiger partial charge in [-0.2, -0.15) is 4.52 Å². The molecule has 8 nitrogen and oxygen atoms in total. The van der Waals surface area contributed by atoms with Crippen molar-refractivity contribution in [3.63, 3.8) is 0 Å². The number of halogens is 1. The van der Waals surface area contributed by atoms with Crippen LogP contribution in [0, 0.1) is 5.82 Å². The summed E-state index contributed by atoms with van der Waals surface area (Å²) in [7, 11) is 0. The fraction of sp³-hybridized carbons (Fsp3) is 0.111. The number of aromatic nitrogens is 4. The molecular formula is C27H22FN5O3. The third-order valence-electron chi connectivity index (χ3n) is 5.33. The van der Waals surface area contributed by atoms with Gasteiger partial charge >= 0.3 is 0 Å². The first-order valence-corrected chi connectivity index (χ1v) is 11.3. The number of carbonyl (C=O) groups excluding carboxylic acids is 1. The van der Waals surface area contributed by atoms with Gasteiger partial charge in [-0.15, -0.1) is 15.3 Å². The largest absolute Gasteiger partial charge is 0.484 e. The topological polar surface area (TPSA) is 90.6 Å². The summed E-state index contributed by atoms with van der Waals surface area (Å²) in [4.78, 5) is 12.1. The fourth-order valence-corrected chi connectivity index (χ4v) is 3.58. The summed E-state index contributed by atoms with van der Waals surface area (Å²) in [6.45, 7) is 0.369. The second-order valence-electron chi connectivity index (χ2n) is 7.85. The molecule has 0 fully saturated rings. The summed E-state index contributed by atoms with van der Waals surface area (Å²) in [5.74, 6) is 0.699. The molecule has 0 aliphatic heterocycles. The third-order valence-corrected chi connectivity index (χ3v) is 5.33. The number of rotatable bonds is 9. The van der Waals surface area contributed by atoms with Gasteiger partial charge in [0.15, 0.2) is 18.1 Å². The van der Waals surface area contributed by atoms with Gasteiger partial charge in [-0.3, -0.25) is 4.79 Å². The zero-order chi connectivity index (χ0) is 24.7. The van der Waals surface area contributed by atoms with E-state index in [1.165, 1.54) is 16.6 Å². The number of nitrogens with zero attached hydrogens (tertiary/aromatic N) is 4. The van der Waals surface area contributed by atoms with Crippen molar-refractivity contribution in [2.75, 3.05) is 19.8 Å². The first-order valence-electron chi connectivity index (χ1n) is 11.3. The van der Waals surface area contributed by atoms with Crippen molar-refractivity contribution in [3.8, 4) is 34.1 Å². The SMILES string of the molecule is O=C(COc1ccc(-c2ccccc2)cc1)NCCOc1ccc2nnc(-c3cccc(F)c3)n2n1. The maximum atomic E-state index is 13.6. The predicted molar refractivity (Wildman–Crippen MR) is 132 cm³/mol. The van der Waals surface area contributed by atoms with Crippen molar-refractivity contribution in [1.82, 2.24) is 25.1 Å². The summed E-state index contributed by atoms with van der Waals surface area (Å²) >= 11 is 0. The first kappa shape index (κ1) is 23.0. The van der Waals surface area contributed by atoms with E-state index in [1.54, 1.807) is 24.3 Å². The summed E-state index contributed by atoms with van der Waals surface area (Å²) in [5, 5.41) is 15.3. The quantitative estimate of drug-likeness (QED) is 0.317. The highest BCUT2D eigenvalue weighted by Gasteiger charge is 2.11. The fourth-order valence-electron chi connectivity index (χ4n) is 3.58. The average Bonchev–Trinajstić information content (AvgIpc) is 3.34. The molecular weight excluding hydrogens is 461 g/mol. The van der Waals surface area contributed by atoms with E-state index in [1.807, 2.05) is 54.6 Å². The van der Waals surface area contributed by atoms with Crippen LogP contribution >= 0.6 is 0 Å². The van der Waals surface area contributed by atoms with Crippen LogP contribution in [0.3, 0.4) is 0 Å². The van der Waals surface area contributed by atoms with Crippen molar-refractivity contribution in [3.05, 3.63) is 96.8 Å². The minimum Gasteiger partial charge on any atom is -0.484 e. The molecule has 36 heavy (non-hydrogen) atoms. The smallest absolute Gasteiger partial charge is 0.258 e. The Hall–Kier alpha value is -4.79. The van der Waals surface area contributed by atoms with Crippen molar-refractivity contribution < 1.29 is 18.7 Å². The number of hydrogen-bond donors (Lipinski definition) is 1. The van der Waals surface area contributed by atoms with Crippen LogP contribution in [0.4, 0.5) is 4.39 Å². The van der Waals surface area contributed by atoms with E-state index in [9.17, 15) is 9.18 Å². The molecule has 5 rings (SSSR count). The Morgan fingerprint density at radius 3 is 2.42 bits per heavy atom. The Bertz CT molecular complexity index is 1470. The zero-order valence-electron chi connectivity index (χ0n) is 19.2. The number of amides is 1. The van der Waals surface area contributed by atoms with E-state index in [0.717, 1.165) is 11.1 Å². The van der Waals surface area contributed by atoms with Crippen LogP contribution in [-0.2, 0) is 4.79 Å². The van der Waals surface area contributed by atoms with Gasteiger partial charge < -0.3 is 14.8 Å². The molecule has 0 atom stereocenters. The molecule has 0 radical (unpaired) electrons. The third kappa shape index (κ3) is 5.47. The highest BCUT2D eigenvalue weighted by Crippen LogP contribution is 2.22. The predicted octanol–water partition coefficient (Wildman–Crippen LogP) is 4.17. The summed E-state index contributed by atoms with van der Waals surface area (Å²) in [6, 6.07) is 27.0. The first-order chi connectivity index (χ1) is 17.7. The van der Waals surface area contributed by atoms with Crippen LogP contribution in [0.5, 0.6) is 11.6 Å². The summed E-state index contributed by atoms with van der Waals surface area (Å²) in [6.07, 6.45) is 0. The molecule has 2 aromatic heterocycles. The van der Waals surface area contributed by atoms with E-state index in [2.05, 4.69) is 20.6 Å². The lowest BCUT2D eigenvalue weighted by molar-refractivity contribution is -0.123. The van der Waals surface area contributed by atoms with Gasteiger partial charge in [0.25, 0.3) is 5.91 Å². The molecule has 2 heterocycles. The van der Waals surface area contributed by atoms with Gasteiger partial charge in [0, 0.05) is 11.6 Å². The molecule has 0 aliphatic rings. The Morgan fingerprint density at radius 1 is 0.833 bits per heavy atom. The maximum Gasteiger partial charge on any atom is 0.258 e. The van der Waals surface area contributed by atoms with Crippen LogP contribution in [0.15, 0.2) is 91.0 Å². The maximum absolute atomic E-state index is 13.6. The average molecular weight is 484 g/mol. The van der Waals surface area contributed by atoms with Gasteiger partial charge in [-0.05, 0) is 41.5 Å². The Morgan fingerprint density at radius 2 is 1.61 bits per heavy atom. The van der Waals surface area contributed by atoms with Crippen molar-refractivity contribution in [1.29, 1.82) is 0 Å². The molecule has 0 saturated carbocycles. The molecule has 0 unspecified atom stereocenters. The number of hydrogen-bond acceptors (Lipinski definition) is 6. The lowest BCUT2D eigenvalue weighted by atomic mass is 10.1. The second-order valence-corrected chi connectivity index (χ2v) is 7.85. The number of nitrogens with one attached hydrogen (secondary N) is 1. The van der Waals surface area contributed by atoms with Crippen molar-refractivity contribution in [2.45, 2.75) is 0 Å². The molecule has 0 spiro atoms. The van der Waals surface area contributed by atoms with Gasteiger partial charge in [-0.25, -0.2) is 4.39 Å². The number of benzene rings is 3. The van der Waals surface area contributed by atoms with Crippen molar-refractivity contribution in [2.24, 2.45) is 0 Å². The van der Waals surface area contributed by atoms with Crippen LogP contribution in [0.25, 0.3) is 28.2 Å². The van der Waals surface area contributed by atoms with Gasteiger partial charge in [-0.1, -0.05) is 54.6 Å². The van der Waals surface area contributed by atoms with Crippen LogP contribution in [0.2, 0.25) is 0 Å². The van der Waals surface area contributed by atoms with Crippen LogP contribution in [-0.4, -0.2) is 45.5 Å². The highest BCUT2D eigenvalue weighted by molar-refractivity contribution is 5.77. The highest BCUT2D eigenvalue weighted by atomic mass is 19.1. The lowest BCUT2D eigenvalue weighted by Gasteiger charge is -2.09. The lowest BCUT2D eigenvalue weighted by Crippen LogP contribution is -2.32. The Balaban J connectivity index is 1.09. The summed E-state index contributed by atoms with van der Waals surface area (Å²) < 4.78 is 26.3. The Labute approximate surface area is 206 Å². The Kier molecular flexibility index (Phi) is 6.79. The second kappa shape index (κ2) is 10.6. The van der Waals surface area contributed by atoms with E-state index >= 15 is 0 Å². The van der Waals surface area contributed by atoms with Gasteiger partial charge in [0.1, 0.15) is 18.2 Å². The van der Waals surface area contributed by atoms with Crippen molar-refractivity contribution >= 4 is 11.6 Å². The zero-order valence-corrected chi connectivity index (χ0v) is 19.2. The minimum atomic E-state index is -0.374. The van der Waals surface area contributed by atoms with Gasteiger partial charge in [0.05, 0.1) is 6.54 Å². The molecule has 1 amide bonds. The molecule has 1 N–H and O–H groups in total. The molecule has 9 heteroatoms. The van der Waals surface area contributed by atoms with E-state index < -0.39 is 0 Å². The van der Waals surface area contributed by atoms with Crippen LogP contribution < -0.4 is 14.8 Å². The molecule has 3 aromatic carbocycles. The molecule has 0 bridgehead atoms. The number of carbonyl (C=O) groups is 1.